The minimum absolute atomic E-state index is 0.102. The Labute approximate surface area is 104 Å². The third-order valence-electron chi connectivity index (χ3n) is 2.41. The average Bonchev–Trinajstić information content (AvgIpc) is 2.88. The average molecular weight is 252 g/mol. The fourth-order valence-electron chi connectivity index (χ4n) is 1.56. The summed E-state index contributed by atoms with van der Waals surface area (Å²) in [5.41, 5.74) is 0.956. The Kier molecular flexibility index (Phi) is 3.75. The van der Waals surface area contributed by atoms with Gasteiger partial charge in [0.15, 0.2) is 0 Å². The van der Waals surface area contributed by atoms with E-state index in [-0.39, 0.29) is 12.6 Å². The highest BCUT2D eigenvalue weighted by Crippen LogP contribution is 2.23. The molecule has 0 aliphatic rings. The van der Waals surface area contributed by atoms with Gasteiger partial charge in [0, 0.05) is 17.3 Å². The normalized spacial score (nSPS) is 12.6. The molecule has 1 unspecified atom stereocenters. The number of hydrogen-bond donors (Lipinski definition) is 2. The van der Waals surface area contributed by atoms with Gasteiger partial charge in [0.05, 0.1) is 36.1 Å². The molecule has 0 aliphatic heterocycles. The maximum atomic E-state index is 8.80. The molecule has 2 aromatic heterocycles. The minimum Gasteiger partial charge on any atom is -0.394 e. The van der Waals surface area contributed by atoms with Crippen molar-refractivity contribution in [2.24, 2.45) is 0 Å². The fraction of sp³-hybridized carbons (Fsp3) is 0.455. The molecule has 0 spiro atoms. The third-order valence-corrected chi connectivity index (χ3v) is 3.51. The number of aromatic nitrogens is 3. The molecule has 2 aromatic rings. The van der Waals surface area contributed by atoms with Gasteiger partial charge in [-0.2, -0.15) is 5.10 Å². The van der Waals surface area contributed by atoms with E-state index in [2.05, 4.69) is 22.3 Å². The van der Waals surface area contributed by atoms with E-state index in [9.17, 15) is 0 Å². The maximum Gasteiger partial charge on any atom is 0.0897 e. The molecule has 0 saturated carbocycles. The van der Waals surface area contributed by atoms with Crippen LogP contribution in [0.5, 0.6) is 0 Å². The zero-order valence-corrected chi connectivity index (χ0v) is 10.7. The third kappa shape index (κ3) is 3.04. The number of aryl methyl sites for hydroxylation is 1. The van der Waals surface area contributed by atoms with Crippen molar-refractivity contribution in [3.63, 3.8) is 0 Å². The molecule has 2 N–H and O–H groups in total. The summed E-state index contributed by atoms with van der Waals surface area (Å²) >= 11 is 1.69. The zero-order valence-electron chi connectivity index (χ0n) is 9.92. The number of nitrogens with zero attached hydrogens (tertiary/aromatic N) is 3. The van der Waals surface area contributed by atoms with Gasteiger partial charge in [-0.3, -0.25) is 4.68 Å². The number of aliphatic hydroxyl groups excluding tert-OH is 1. The molecule has 0 radical (unpaired) electrons. The Balaban J connectivity index is 1.99. The Morgan fingerprint density at radius 3 is 3.00 bits per heavy atom. The van der Waals surface area contributed by atoms with Crippen molar-refractivity contribution in [3.8, 4) is 0 Å². The first-order valence-corrected chi connectivity index (χ1v) is 6.33. The van der Waals surface area contributed by atoms with Crippen molar-refractivity contribution in [1.82, 2.24) is 14.8 Å². The highest BCUT2D eigenvalue weighted by atomic mass is 32.1. The molecule has 0 bridgehead atoms. The lowest BCUT2D eigenvalue weighted by atomic mass is 10.3. The summed E-state index contributed by atoms with van der Waals surface area (Å²) in [5.74, 6) is 0. The molecule has 2 rings (SSSR count). The number of nitrogens with one attached hydrogen (secondary N) is 1. The highest BCUT2D eigenvalue weighted by Gasteiger charge is 2.09. The van der Waals surface area contributed by atoms with Crippen LogP contribution in [-0.4, -0.2) is 26.5 Å². The summed E-state index contributed by atoms with van der Waals surface area (Å²) in [6, 6.07) is 0.216. The van der Waals surface area contributed by atoms with Crippen LogP contribution in [0, 0.1) is 6.92 Å². The molecule has 2 heterocycles. The minimum atomic E-state index is 0.102. The van der Waals surface area contributed by atoms with Crippen LogP contribution in [0.1, 0.15) is 22.9 Å². The predicted octanol–water partition coefficient (Wildman–Crippen LogP) is 1.81. The number of thiazole rings is 1. The summed E-state index contributed by atoms with van der Waals surface area (Å²) in [6.07, 6.45) is 5.55. The predicted molar refractivity (Wildman–Crippen MR) is 68.2 cm³/mol. The molecule has 0 amide bonds. The largest absolute Gasteiger partial charge is 0.394 e. The van der Waals surface area contributed by atoms with Gasteiger partial charge in [0.25, 0.3) is 0 Å². The number of rotatable bonds is 5. The molecule has 17 heavy (non-hydrogen) atoms. The van der Waals surface area contributed by atoms with Crippen LogP contribution >= 0.6 is 11.3 Å². The smallest absolute Gasteiger partial charge is 0.0897 e. The van der Waals surface area contributed by atoms with Crippen LogP contribution in [0.3, 0.4) is 0 Å². The van der Waals surface area contributed by atoms with Gasteiger partial charge in [0.1, 0.15) is 0 Å². The van der Waals surface area contributed by atoms with Crippen LogP contribution < -0.4 is 5.32 Å². The molecule has 0 aliphatic carbocycles. The Bertz CT molecular complexity index is 479. The zero-order chi connectivity index (χ0) is 12.3. The first-order valence-electron chi connectivity index (χ1n) is 5.51. The Hall–Kier alpha value is -1.40. The molecular weight excluding hydrogens is 236 g/mol. The fourth-order valence-corrected chi connectivity index (χ4v) is 2.35. The van der Waals surface area contributed by atoms with Crippen molar-refractivity contribution in [2.45, 2.75) is 26.4 Å². The summed E-state index contributed by atoms with van der Waals surface area (Å²) in [6.45, 7) is 4.72. The van der Waals surface area contributed by atoms with Crippen molar-refractivity contribution < 1.29 is 5.11 Å². The standard InChI is InChI=1S/C11H16N4OS/c1-8(11-6-12-9(2)17-11)14-10-5-13-15(7-10)3-4-16/h5-8,14,16H,3-4H2,1-2H3. The van der Waals surface area contributed by atoms with Crippen LogP contribution in [0.2, 0.25) is 0 Å². The second-order valence-corrected chi connectivity index (χ2v) is 5.13. The number of anilines is 1. The number of hydrogen-bond acceptors (Lipinski definition) is 5. The molecule has 0 fully saturated rings. The monoisotopic (exact) mass is 252 g/mol. The molecule has 5 nitrogen and oxygen atoms in total. The van der Waals surface area contributed by atoms with E-state index in [4.69, 9.17) is 5.11 Å². The molecule has 92 valence electrons. The van der Waals surface area contributed by atoms with Gasteiger partial charge in [0.2, 0.25) is 0 Å². The lowest BCUT2D eigenvalue weighted by Gasteiger charge is -2.10. The van der Waals surface area contributed by atoms with E-state index in [0.717, 1.165) is 10.7 Å². The topological polar surface area (TPSA) is 63.0 Å². The molecule has 1 atom stereocenters. The van der Waals surface area contributed by atoms with Crippen molar-refractivity contribution in [2.75, 3.05) is 11.9 Å². The van der Waals surface area contributed by atoms with E-state index in [1.54, 1.807) is 22.2 Å². The van der Waals surface area contributed by atoms with Crippen molar-refractivity contribution >= 4 is 17.0 Å². The van der Waals surface area contributed by atoms with Crippen molar-refractivity contribution in [3.05, 3.63) is 28.5 Å². The van der Waals surface area contributed by atoms with Gasteiger partial charge in [-0.15, -0.1) is 11.3 Å². The number of aliphatic hydroxyl groups is 1. The van der Waals surface area contributed by atoms with E-state index in [0.29, 0.717) is 6.54 Å². The van der Waals surface area contributed by atoms with Gasteiger partial charge < -0.3 is 10.4 Å². The van der Waals surface area contributed by atoms with Crippen LogP contribution in [0.15, 0.2) is 18.6 Å². The Morgan fingerprint density at radius 1 is 1.53 bits per heavy atom. The second-order valence-electron chi connectivity index (χ2n) is 3.86. The van der Waals surface area contributed by atoms with E-state index < -0.39 is 0 Å². The van der Waals surface area contributed by atoms with Crippen LogP contribution in [0.25, 0.3) is 0 Å². The summed E-state index contributed by atoms with van der Waals surface area (Å²) in [5, 5.41) is 17.4. The second kappa shape index (κ2) is 5.29. The van der Waals surface area contributed by atoms with Gasteiger partial charge in [-0.25, -0.2) is 4.98 Å². The molecule has 6 heteroatoms. The lowest BCUT2D eigenvalue weighted by Crippen LogP contribution is -2.04. The summed E-state index contributed by atoms with van der Waals surface area (Å²) in [7, 11) is 0. The Morgan fingerprint density at radius 2 is 2.35 bits per heavy atom. The van der Waals surface area contributed by atoms with E-state index in [1.165, 1.54) is 4.88 Å². The molecule has 0 saturated heterocycles. The summed E-state index contributed by atoms with van der Waals surface area (Å²) in [4.78, 5) is 5.44. The van der Waals surface area contributed by atoms with Crippen molar-refractivity contribution in [1.29, 1.82) is 0 Å². The first-order chi connectivity index (χ1) is 8.19. The SMILES string of the molecule is Cc1ncc(C(C)Nc2cnn(CCO)c2)s1. The summed E-state index contributed by atoms with van der Waals surface area (Å²) < 4.78 is 1.72. The van der Waals surface area contributed by atoms with Gasteiger partial charge in [-0.1, -0.05) is 0 Å². The molecule has 0 aromatic carbocycles. The van der Waals surface area contributed by atoms with Gasteiger partial charge >= 0.3 is 0 Å². The quantitative estimate of drug-likeness (QED) is 0.852. The first kappa shape index (κ1) is 12.1. The van der Waals surface area contributed by atoms with Crippen LogP contribution in [0.4, 0.5) is 5.69 Å². The van der Waals surface area contributed by atoms with E-state index in [1.807, 2.05) is 19.3 Å². The van der Waals surface area contributed by atoms with Crippen LogP contribution in [-0.2, 0) is 6.54 Å². The highest BCUT2D eigenvalue weighted by molar-refractivity contribution is 7.11. The van der Waals surface area contributed by atoms with Gasteiger partial charge in [-0.05, 0) is 13.8 Å². The maximum absolute atomic E-state index is 8.80. The molecular formula is C11H16N4OS. The lowest BCUT2D eigenvalue weighted by molar-refractivity contribution is 0.269. The van der Waals surface area contributed by atoms with E-state index >= 15 is 0 Å².